The molecule has 0 unspecified atom stereocenters. The average Bonchev–Trinajstić information content (AvgIpc) is 2.43. The zero-order valence-electron chi connectivity index (χ0n) is 11.8. The molecule has 0 aliphatic heterocycles. The highest BCUT2D eigenvalue weighted by Gasteiger charge is 2.11. The summed E-state index contributed by atoms with van der Waals surface area (Å²) in [7, 11) is 3.35. The summed E-state index contributed by atoms with van der Waals surface area (Å²) >= 11 is 3.43. The third-order valence-electron chi connectivity index (χ3n) is 2.92. The van der Waals surface area contributed by atoms with Crippen LogP contribution in [0.3, 0.4) is 0 Å². The summed E-state index contributed by atoms with van der Waals surface area (Å²) in [6.07, 6.45) is 0. The van der Waals surface area contributed by atoms with Crippen LogP contribution in [0.25, 0.3) is 0 Å². The van der Waals surface area contributed by atoms with E-state index in [1.165, 1.54) is 0 Å². The first kappa shape index (κ1) is 17.1. The van der Waals surface area contributed by atoms with Gasteiger partial charge in [0.1, 0.15) is 0 Å². The van der Waals surface area contributed by atoms with Crippen LogP contribution < -0.4 is 0 Å². The van der Waals surface area contributed by atoms with E-state index in [4.69, 9.17) is 14.6 Å². The predicted molar refractivity (Wildman–Crippen MR) is 80.1 cm³/mol. The van der Waals surface area contributed by atoms with Crippen LogP contribution in [0.4, 0.5) is 0 Å². The highest BCUT2D eigenvalue weighted by atomic mass is 79.9. The molecular weight excluding hydrogens is 326 g/mol. The standard InChI is InChI=1S/C14H20BrNO4/c1-19-7-5-16(6-8-20-2)10-12-4-3-11(14(17)18)9-13(12)15/h3-4,9H,5-8,10H2,1-2H3,(H,17,18). The molecule has 0 spiro atoms. The Morgan fingerprint density at radius 2 is 1.85 bits per heavy atom. The van der Waals surface area contributed by atoms with Crippen LogP contribution in [0.15, 0.2) is 22.7 Å². The van der Waals surface area contributed by atoms with Crippen LogP contribution in [-0.2, 0) is 16.0 Å². The van der Waals surface area contributed by atoms with Gasteiger partial charge in [0.25, 0.3) is 0 Å². The molecule has 0 aromatic heterocycles. The first-order valence-corrected chi connectivity index (χ1v) is 7.09. The zero-order chi connectivity index (χ0) is 15.0. The molecule has 20 heavy (non-hydrogen) atoms. The van der Waals surface area contributed by atoms with Crippen molar-refractivity contribution in [2.24, 2.45) is 0 Å². The topological polar surface area (TPSA) is 59.0 Å². The molecule has 0 heterocycles. The summed E-state index contributed by atoms with van der Waals surface area (Å²) in [4.78, 5) is 13.1. The van der Waals surface area contributed by atoms with E-state index >= 15 is 0 Å². The van der Waals surface area contributed by atoms with Crippen molar-refractivity contribution in [3.8, 4) is 0 Å². The van der Waals surface area contributed by atoms with Crippen molar-refractivity contribution in [2.45, 2.75) is 6.54 Å². The van der Waals surface area contributed by atoms with Gasteiger partial charge in [-0.1, -0.05) is 22.0 Å². The molecule has 1 rings (SSSR count). The number of hydrogen-bond donors (Lipinski definition) is 1. The molecule has 6 heteroatoms. The molecule has 5 nitrogen and oxygen atoms in total. The smallest absolute Gasteiger partial charge is 0.335 e. The lowest BCUT2D eigenvalue weighted by Crippen LogP contribution is -2.30. The van der Waals surface area contributed by atoms with E-state index in [-0.39, 0.29) is 5.56 Å². The van der Waals surface area contributed by atoms with Crippen molar-refractivity contribution in [1.82, 2.24) is 4.90 Å². The van der Waals surface area contributed by atoms with Crippen LogP contribution in [0.1, 0.15) is 15.9 Å². The molecular formula is C14H20BrNO4. The highest BCUT2D eigenvalue weighted by molar-refractivity contribution is 9.10. The van der Waals surface area contributed by atoms with E-state index in [9.17, 15) is 4.79 Å². The summed E-state index contributed by atoms with van der Waals surface area (Å²) < 4.78 is 11.0. The second-order valence-electron chi connectivity index (χ2n) is 4.37. The Morgan fingerprint density at radius 1 is 1.25 bits per heavy atom. The average molecular weight is 346 g/mol. The number of halogens is 1. The maximum Gasteiger partial charge on any atom is 0.335 e. The Hall–Kier alpha value is -0.950. The number of aromatic carboxylic acids is 1. The molecule has 0 aliphatic rings. The van der Waals surface area contributed by atoms with Crippen LogP contribution in [0, 0.1) is 0 Å². The molecule has 0 amide bonds. The van der Waals surface area contributed by atoms with Gasteiger partial charge in [-0.2, -0.15) is 0 Å². The first-order valence-electron chi connectivity index (χ1n) is 6.30. The normalized spacial score (nSPS) is 11.0. The monoisotopic (exact) mass is 345 g/mol. The fourth-order valence-electron chi connectivity index (χ4n) is 1.76. The van der Waals surface area contributed by atoms with Crippen molar-refractivity contribution >= 4 is 21.9 Å². The van der Waals surface area contributed by atoms with Crippen molar-refractivity contribution in [3.63, 3.8) is 0 Å². The Morgan fingerprint density at radius 3 is 2.30 bits per heavy atom. The molecule has 0 atom stereocenters. The van der Waals surface area contributed by atoms with Gasteiger partial charge in [0.2, 0.25) is 0 Å². The fourth-order valence-corrected chi connectivity index (χ4v) is 2.26. The van der Waals surface area contributed by atoms with Gasteiger partial charge < -0.3 is 14.6 Å². The Kier molecular flexibility index (Phi) is 7.76. The molecule has 0 radical (unpaired) electrons. The van der Waals surface area contributed by atoms with Crippen molar-refractivity contribution in [2.75, 3.05) is 40.5 Å². The van der Waals surface area contributed by atoms with Crippen molar-refractivity contribution in [3.05, 3.63) is 33.8 Å². The molecule has 1 aromatic rings. The van der Waals surface area contributed by atoms with E-state index in [1.54, 1.807) is 26.4 Å². The summed E-state index contributed by atoms with van der Waals surface area (Å²) in [5.74, 6) is -0.923. The van der Waals surface area contributed by atoms with Gasteiger partial charge in [-0.25, -0.2) is 4.79 Å². The third-order valence-corrected chi connectivity index (χ3v) is 3.66. The minimum atomic E-state index is -0.923. The van der Waals surface area contributed by atoms with Gasteiger partial charge in [-0.05, 0) is 17.7 Å². The van der Waals surface area contributed by atoms with E-state index in [2.05, 4.69) is 20.8 Å². The number of carboxylic acid groups (broad SMARTS) is 1. The molecule has 0 fully saturated rings. The van der Waals surface area contributed by atoms with Crippen molar-refractivity contribution < 1.29 is 19.4 Å². The van der Waals surface area contributed by atoms with Gasteiger partial charge in [0.15, 0.2) is 0 Å². The lowest BCUT2D eigenvalue weighted by Gasteiger charge is -2.22. The van der Waals surface area contributed by atoms with E-state index < -0.39 is 5.97 Å². The van der Waals surface area contributed by atoms with E-state index in [1.807, 2.05) is 6.07 Å². The number of benzene rings is 1. The Bertz CT molecular complexity index is 431. The number of ether oxygens (including phenoxy) is 2. The van der Waals surface area contributed by atoms with Gasteiger partial charge in [0, 0.05) is 38.3 Å². The second kappa shape index (κ2) is 9.07. The fraction of sp³-hybridized carbons (Fsp3) is 0.500. The maximum absolute atomic E-state index is 10.9. The molecule has 0 saturated carbocycles. The Labute approximate surface area is 127 Å². The molecule has 1 N–H and O–H groups in total. The number of methoxy groups -OCH3 is 2. The lowest BCUT2D eigenvalue weighted by molar-refractivity contribution is 0.0697. The SMILES string of the molecule is COCCN(CCOC)Cc1ccc(C(=O)O)cc1Br. The van der Waals surface area contributed by atoms with Crippen LogP contribution in [0.5, 0.6) is 0 Å². The number of nitrogens with zero attached hydrogens (tertiary/aromatic N) is 1. The molecule has 0 saturated heterocycles. The molecule has 0 bridgehead atoms. The molecule has 112 valence electrons. The summed E-state index contributed by atoms with van der Waals surface area (Å²) in [6, 6.07) is 5.08. The third kappa shape index (κ3) is 5.58. The van der Waals surface area contributed by atoms with Gasteiger partial charge in [0.05, 0.1) is 18.8 Å². The summed E-state index contributed by atoms with van der Waals surface area (Å²) in [5.41, 5.74) is 1.32. The maximum atomic E-state index is 10.9. The number of hydrogen-bond acceptors (Lipinski definition) is 4. The van der Waals surface area contributed by atoms with Gasteiger partial charge in [-0.15, -0.1) is 0 Å². The largest absolute Gasteiger partial charge is 0.478 e. The zero-order valence-corrected chi connectivity index (χ0v) is 13.4. The lowest BCUT2D eigenvalue weighted by atomic mass is 10.1. The van der Waals surface area contributed by atoms with Crippen LogP contribution >= 0.6 is 15.9 Å². The molecule has 1 aromatic carbocycles. The molecule has 0 aliphatic carbocycles. The van der Waals surface area contributed by atoms with Crippen LogP contribution in [-0.4, -0.2) is 56.5 Å². The number of rotatable bonds is 9. The minimum absolute atomic E-state index is 0.279. The summed E-state index contributed by atoms with van der Waals surface area (Å²) in [6.45, 7) is 3.61. The number of carbonyl (C=O) groups is 1. The number of carboxylic acids is 1. The predicted octanol–water partition coefficient (Wildman–Crippen LogP) is 2.24. The van der Waals surface area contributed by atoms with E-state index in [0.717, 1.165) is 23.1 Å². The second-order valence-corrected chi connectivity index (χ2v) is 5.23. The minimum Gasteiger partial charge on any atom is -0.478 e. The Balaban J connectivity index is 2.73. The first-order chi connectivity index (χ1) is 9.58. The highest BCUT2D eigenvalue weighted by Crippen LogP contribution is 2.20. The van der Waals surface area contributed by atoms with Crippen molar-refractivity contribution in [1.29, 1.82) is 0 Å². The summed E-state index contributed by atoms with van der Waals surface area (Å²) in [5, 5.41) is 8.95. The van der Waals surface area contributed by atoms with Crippen LogP contribution in [0.2, 0.25) is 0 Å². The van der Waals surface area contributed by atoms with Gasteiger partial charge in [-0.3, -0.25) is 4.90 Å². The van der Waals surface area contributed by atoms with Gasteiger partial charge >= 0.3 is 5.97 Å². The quantitative estimate of drug-likeness (QED) is 0.743. The van der Waals surface area contributed by atoms with E-state index in [0.29, 0.717) is 19.8 Å².